The number of aromatic nitrogens is 3. The summed E-state index contributed by atoms with van der Waals surface area (Å²) in [6.07, 6.45) is 8.42. The number of rotatable bonds is 16. The van der Waals surface area contributed by atoms with E-state index in [9.17, 15) is 24.9 Å². The number of nitrogens with one attached hydrogen (secondary N) is 1. The van der Waals surface area contributed by atoms with Gasteiger partial charge in [-0.3, -0.25) is 24.1 Å². The van der Waals surface area contributed by atoms with Crippen LogP contribution in [0.2, 0.25) is 0 Å². The summed E-state index contributed by atoms with van der Waals surface area (Å²) >= 11 is 0. The fourth-order valence-electron chi connectivity index (χ4n) is 6.88. The standard InChI is InChI=1S/C39H46N6O6/c1-3-51-32-15-17-35-28(23-32)24-34(40-19-8-10-21-46)37(48)44(35)31-14-16-36-33(25-31)39(50,38(49)45(36)30-12-5-4-6-13-30)27(2)11-7-9-20-43-26-29(18-22-47)41-42-43/h4-7,11-17,23,25-27,34,40,46-47,50H,3,8-10,18-22,24H2,1-2H3/b11-7+/t27-,34?,39+/m0/s1. The minimum atomic E-state index is -1.93. The Morgan fingerprint density at radius 2 is 1.80 bits per heavy atom. The zero-order chi connectivity index (χ0) is 36.0. The molecule has 0 saturated carbocycles. The topological polar surface area (TPSA) is 153 Å². The van der Waals surface area contributed by atoms with Gasteiger partial charge in [0.2, 0.25) is 5.91 Å². The van der Waals surface area contributed by atoms with Crippen molar-refractivity contribution in [3.8, 4) is 5.75 Å². The Labute approximate surface area is 298 Å². The molecular weight excluding hydrogens is 648 g/mol. The first-order valence-corrected chi connectivity index (χ1v) is 17.7. The van der Waals surface area contributed by atoms with Gasteiger partial charge in [0.05, 0.1) is 29.7 Å². The second kappa shape index (κ2) is 16.0. The van der Waals surface area contributed by atoms with E-state index in [-0.39, 0.29) is 19.1 Å². The molecule has 0 spiro atoms. The van der Waals surface area contributed by atoms with E-state index < -0.39 is 23.5 Å². The third-order valence-electron chi connectivity index (χ3n) is 9.52. The van der Waals surface area contributed by atoms with Crippen molar-refractivity contribution in [1.29, 1.82) is 0 Å². The van der Waals surface area contributed by atoms with Crippen molar-refractivity contribution in [1.82, 2.24) is 20.3 Å². The van der Waals surface area contributed by atoms with Gasteiger partial charge in [-0.05, 0) is 93.2 Å². The highest BCUT2D eigenvalue weighted by molar-refractivity contribution is 6.13. The number of unbranched alkanes of at least 4 members (excludes halogenated alkanes) is 1. The molecule has 3 atom stereocenters. The van der Waals surface area contributed by atoms with Gasteiger partial charge in [0, 0.05) is 55.2 Å². The average Bonchev–Trinajstić information content (AvgIpc) is 3.68. The van der Waals surface area contributed by atoms with Crippen LogP contribution in [0.1, 0.15) is 49.9 Å². The predicted molar refractivity (Wildman–Crippen MR) is 194 cm³/mol. The maximum atomic E-state index is 14.4. The number of amides is 2. The quantitative estimate of drug-likeness (QED) is 0.0993. The van der Waals surface area contributed by atoms with E-state index in [1.165, 1.54) is 0 Å². The van der Waals surface area contributed by atoms with Crippen molar-refractivity contribution in [2.45, 2.75) is 64.1 Å². The van der Waals surface area contributed by atoms with Crippen LogP contribution in [-0.4, -0.2) is 74.5 Å². The molecular formula is C39H46N6O6. The third-order valence-corrected chi connectivity index (χ3v) is 9.52. The summed E-state index contributed by atoms with van der Waals surface area (Å²) in [7, 11) is 0. The number of aliphatic hydroxyl groups excluding tert-OH is 2. The number of aryl methyl sites for hydroxylation is 1. The largest absolute Gasteiger partial charge is 0.494 e. The van der Waals surface area contributed by atoms with E-state index >= 15 is 0 Å². The average molecular weight is 695 g/mol. The summed E-state index contributed by atoms with van der Waals surface area (Å²) in [6.45, 7) is 5.46. The second-order valence-electron chi connectivity index (χ2n) is 12.9. The number of allylic oxidation sites excluding steroid dienone is 1. The molecule has 4 N–H and O–H groups in total. The molecule has 4 aromatic rings. The zero-order valence-corrected chi connectivity index (χ0v) is 29.1. The molecule has 1 unspecified atom stereocenters. The van der Waals surface area contributed by atoms with Gasteiger partial charge >= 0.3 is 0 Å². The van der Waals surface area contributed by atoms with Gasteiger partial charge in [0.1, 0.15) is 5.75 Å². The van der Waals surface area contributed by atoms with Crippen molar-refractivity contribution in [3.63, 3.8) is 0 Å². The molecule has 0 radical (unpaired) electrons. The highest BCUT2D eigenvalue weighted by Gasteiger charge is 2.53. The minimum absolute atomic E-state index is 0.00207. The second-order valence-corrected chi connectivity index (χ2v) is 12.9. The van der Waals surface area contributed by atoms with E-state index in [0.29, 0.717) is 85.1 Å². The molecule has 3 heterocycles. The summed E-state index contributed by atoms with van der Waals surface area (Å²) in [5.74, 6) is -0.538. The molecule has 0 fully saturated rings. The minimum Gasteiger partial charge on any atom is -0.494 e. The molecule has 1 aromatic heterocycles. The Kier molecular flexibility index (Phi) is 11.3. The Morgan fingerprint density at radius 3 is 2.57 bits per heavy atom. The van der Waals surface area contributed by atoms with Gasteiger partial charge in [0.15, 0.2) is 5.60 Å². The molecule has 12 nitrogen and oxygen atoms in total. The lowest BCUT2D eigenvalue weighted by molar-refractivity contribution is -0.138. The fourth-order valence-corrected chi connectivity index (χ4v) is 6.88. The molecule has 2 amide bonds. The summed E-state index contributed by atoms with van der Waals surface area (Å²) in [5.41, 5.74) is 2.56. The van der Waals surface area contributed by atoms with Crippen molar-refractivity contribution in [3.05, 3.63) is 102 Å². The number of benzene rings is 3. The van der Waals surface area contributed by atoms with Crippen LogP contribution in [0.5, 0.6) is 5.75 Å². The first-order valence-electron chi connectivity index (χ1n) is 17.7. The van der Waals surface area contributed by atoms with E-state index in [2.05, 4.69) is 15.6 Å². The van der Waals surface area contributed by atoms with Gasteiger partial charge in [-0.15, -0.1) is 5.10 Å². The van der Waals surface area contributed by atoms with Gasteiger partial charge in [-0.1, -0.05) is 42.5 Å². The summed E-state index contributed by atoms with van der Waals surface area (Å²) in [6, 6.07) is 19.8. The van der Waals surface area contributed by atoms with Crippen LogP contribution >= 0.6 is 0 Å². The SMILES string of the molecule is CCOc1ccc2c(c1)CC(NCCCCO)C(=O)N2c1ccc2c(c1)[C@](O)([C@@H](C)/C=C/CCn1cc(CCO)nn1)C(=O)N2c1ccccc1. The van der Waals surface area contributed by atoms with Crippen molar-refractivity contribution in [2.75, 3.05) is 36.2 Å². The number of anilines is 4. The van der Waals surface area contributed by atoms with Crippen LogP contribution in [0.4, 0.5) is 22.7 Å². The number of hydrogen-bond acceptors (Lipinski definition) is 9. The molecule has 0 saturated heterocycles. The lowest BCUT2D eigenvalue weighted by Crippen LogP contribution is -2.49. The number of hydrogen-bond donors (Lipinski definition) is 4. The molecule has 2 aliphatic heterocycles. The Hall–Kier alpha value is -4.88. The summed E-state index contributed by atoms with van der Waals surface area (Å²) in [4.78, 5) is 31.9. The lowest BCUT2D eigenvalue weighted by atomic mass is 9.82. The maximum Gasteiger partial charge on any atom is 0.268 e. The maximum absolute atomic E-state index is 14.4. The van der Waals surface area contributed by atoms with Crippen molar-refractivity contribution >= 4 is 34.6 Å². The number of ether oxygens (including phenoxy) is 1. The van der Waals surface area contributed by atoms with Gasteiger partial charge in [0.25, 0.3) is 5.91 Å². The summed E-state index contributed by atoms with van der Waals surface area (Å²) in [5, 5.41) is 42.5. The lowest BCUT2D eigenvalue weighted by Gasteiger charge is -2.35. The van der Waals surface area contributed by atoms with Crippen LogP contribution in [-0.2, 0) is 34.6 Å². The van der Waals surface area contributed by atoms with Crippen molar-refractivity contribution in [2.24, 2.45) is 5.92 Å². The zero-order valence-electron chi connectivity index (χ0n) is 29.1. The van der Waals surface area contributed by atoms with Gasteiger partial charge in [-0.25, -0.2) is 0 Å². The molecule has 0 aliphatic carbocycles. The Bertz CT molecular complexity index is 1860. The Morgan fingerprint density at radius 1 is 1.00 bits per heavy atom. The fraction of sp³-hybridized carbons (Fsp3) is 0.385. The first-order chi connectivity index (χ1) is 24.8. The smallest absolute Gasteiger partial charge is 0.268 e. The van der Waals surface area contributed by atoms with Gasteiger partial charge in [-0.2, -0.15) is 0 Å². The molecule has 51 heavy (non-hydrogen) atoms. The van der Waals surface area contributed by atoms with Crippen LogP contribution in [0.15, 0.2) is 85.1 Å². The van der Waals surface area contributed by atoms with Crippen LogP contribution in [0.3, 0.4) is 0 Å². The number of carbonyl (C=O) groups is 2. The number of fused-ring (bicyclic) bond motifs is 2. The molecule has 2 aliphatic rings. The van der Waals surface area contributed by atoms with E-state index in [1.807, 2.05) is 80.6 Å². The molecule has 6 rings (SSSR count). The predicted octanol–water partition coefficient (Wildman–Crippen LogP) is 4.31. The van der Waals surface area contributed by atoms with E-state index in [0.717, 1.165) is 12.0 Å². The molecule has 3 aromatic carbocycles. The number of aliphatic hydroxyl groups is 3. The van der Waals surface area contributed by atoms with Crippen LogP contribution < -0.4 is 19.9 Å². The van der Waals surface area contributed by atoms with Crippen LogP contribution in [0.25, 0.3) is 0 Å². The number of carbonyl (C=O) groups excluding carboxylic acids is 2. The first kappa shape index (κ1) is 35.9. The van der Waals surface area contributed by atoms with E-state index in [4.69, 9.17) is 4.74 Å². The molecule has 268 valence electrons. The highest BCUT2D eigenvalue weighted by atomic mass is 16.5. The Balaban J connectivity index is 1.36. The molecule has 0 bridgehead atoms. The summed E-state index contributed by atoms with van der Waals surface area (Å²) < 4.78 is 7.50. The van der Waals surface area contributed by atoms with Gasteiger partial charge < -0.3 is 25.4 Å². The normalized spacial score (nSPS) is 19.1. The van der Waals surface area contributed by atoms with Crippen molar-refractivity contribution < 1.29 is 29.6 Å². The van der Waals surface area contributed by atoms with E-state index in [1.54, 1.807) is 32.8 Å². The molecule has 12 heteroatoms. The number of nitrogens with zero attached hydrogens (tertiary/aromatic N) is 5. The third kappa shape index (κ3) is 7.31. The van der Waals surface area contributed by atoms with Crippen LogP contribution in [0, 0.1) is 5.92 Å². The highest BCUT2D eigenvalue weighted by Crippen LogP contribution is 2.50. The number of para-hydroxylation sites is 1. The monoisotopic (exact) mass is 694 g/mol.